The molecule has 2 amide bonds. The lowest BCUT2D eigenvalue weighted by Crippen LogP contribution is -3.15. The van der Waals surface area contributed by atoms with Crippen LogP contribution in [0.5, 0.6) is 11.5 Å². The lowest BCUT2D eigenvalue weighted by molar-refractivity contribution is -0.937. The number of hydrogen-bond acceptors (Lipinski definition) is 6. The van der Waals surface area contributed by atoms with Crippen molar-refractivity contribution in [2.45, 2.75) is 6.04 Å². The van der Waals surface area contributed by atoms with Crippen molar-refractivity contribution in [3.8, 4) is 11.5 Å². The Labute approximate surface area is 157 Å². The quantitative estimate of drug-likeness (QED) is 0.383. The SMILES string of the molecule is COCCNC(=O)C(=O)NC[C@@H](c1ccc2c(c1)OCO2)[NH+]1CCOCC1. The van der Waals surface area contributed by atoms with Crippen LogP contribution in [0.1, 0.15) is 11.6 Å². The van der Waals surface area contributed by atoms with Crippen LogP contribution in [0.3, 0.4) is 0 Å². The van der Waals surface area contributed by atoms with Crippen molar-refractivity contribution >= 4 is 11.8 Å². The van der Waals surface area contributed by atoms with Crippen molar-refractivity contribution < 1.29 is 33.4 Å². The zero-order valence-electron chi connectivity index (χ0n) is 15.4. The molecule has 9 heteroatoms. The van der Waals surface area contributed by atoms with E-state index in [-0.39, 0.29) is 12.8 Å². The molecule has 0 aromatic heterocycles. The normalized spacial score (nSPS) is 17.4. The van der Waals surface area contributed by atoms with Gasteiger partial charge in [0.15, 0.2) is 11.5 Å². The standard InChI is InChI=1S/C18H25N3O6/c1-24-7-4-19-17(22)18(23)20-11-14(21-5-8-25-9-6-21)13-2-3-15-16(10-13)27-12-26-15/h2-3,10,14H,4-9,11-12H2,1H3,(H,19,22)(H,20,23)/p+1/t14-/m0/s1. The molecule has 3 rings (SSSR count). The Morgan fingerprint density at radius 3 is 2.67 bits per heavy atom. The predicted molar refractivity (Wildman–Crippen MR) is 94.7 cm³/mol. The van der Waals surface area contributed by atoms with Gasteiger partial charge >= 0.3 is 11.8 Å². The van der Waals surface area contributed by atoms with Crippen molar-refractivity contribution in [2.75, 3.05) is 59.9 Å². The first-order chi connectivity index (χ1) is 13.2. The molecule has 1 fully saturated rings. The minimum Gasteiger partial charge on any atom is -0.454 e. The first-order valence-electron chi connectivity index (χ1n) is 9.06. The van der Waals surface area contributed by atoms with E-state index in [0.29, 0.717) is 38.7 Å². The Hall–Kier alpha value is -2.36. The number of fused-ring (bicyclic) bond motifs is 1. The van der Waals surface area contributed by atoms with Gasteiger partial charge in [-0.25, -0.2) is 0 Å². The Kier molecular flexibility index (Phi) is 6.86. The third-order valence-electron chi connectivity index (χ3n) is 4.69. The van der Waals surface area contributed by atoms with Crippen LogP contribution >= 0.6 is 0 Å². The average Bonchev–Trinajstić information content (AvgIpc) is 3.17. The maximum Gasteiger partial charge on any atom is 0.309 e. The largest absolute Gasteiger partial charge is 0.454 e. The summed E-state index contributed by atoms with van der Waals surface area (Å²) in [5.74, 6) is 0.114. The fraction of sp³-hybridized carbons (Fsp3) is 0.556. The van der Waals surface area contributed by atoms with Gasteiger partial charge in [0.25, 0.3) is 0 Å². The highest BCUT2D eigenvalue weighted by molar-refractivity contribution is 6.35. The predicted octanol–water partition coefficient (Wildman–Crippen LogP) is -1.75. The molecule has 27 heavy (non-hydrogen) atoms. The Bertz CT molecular complexity index is 662. The molecular weight excluding hydrogens is 354 g/mol. The fourth-order valence-electron chi connectivity index (χ4n) is 3.23. The number of rotatable bonds is 7. The van der Waals surface area contributed by atoms with Gasteiger partial charge in [-0.1, -0.05) is 0 Å². The Morgan fingerprint density at radius 2 is 1.89 bits per heavy atom. The van der Waals surface area contributed by atoms with Gasteiger partial charge in [0.05, 0.1) is 26.4 Å². The van der Waals surface area contributed by atoms with Crippen molar-refractivity contribution in [3.05, 3.63) is 23.8 Å². The van der Waals surface area contributed by atoms with Crippen LogP contribution in [0.15, 0.2) is 18.2 Å². The summed E-state index contributed by atoms with van der Waals surface area (Å²) >= 11 is 0. The summed E-state index contributed by atoms with van der Waals surface area (Å²) in [6.45, 7) is 4.20. The van der Waals surface area contributed by atoms with Crippen LogP contribution in [0.2, 0.25) is 0 Å². The molecule has 9 nitrogen and oxygen atoms in total. The maximum absolute atomic E-state index is 12.1. The molecule has 2 heterocycles. The number of hydrogen-bond donors (Lipinski definition) is 3. The van der Waals surface area contributed by atoms with Gasteiger partial charge in [-0.15, -0.1) is 0 Å². The fourth-order valence-corrected chi connectivity index (χ4v) is 3.23. The smallest absolute Gasteiger partial charge is 0.309 e. The number of ether oxygens (including phenoxy) is 4. The summed E-state index contributed by atoms with van der Waals surface area (Å²) < 4.78 is 21.2. The van der Waals surface area contributed by atoms with Crippen molar-refractivity contribution in [2.24, 2.45) is 0 Å². The zero-order valence-corrected chi connectivity index (χ0v) is 15.4. The highest BCUT2D eigenvalue weighted by Gasteiger charge is 2.29. The van der Waals surface area contributed by atoms with E-state index in [2.05, 4.69) is 10.6 Å². The maximum atomic E-state index is 12.1. The molecule has 1 aromatic rings. The van der Waals surface area contributed by atoms with Crippen LogP contribution in [-0.4, -0.2) is 71.7 Å². The molecule has 0 radical (unpaired) electrons. The van der Waals surface area contributed by atoms with Crippen LogP contribution in [0.25, 0.3) is 0 Å². The van der Waals surface area contributed by atoms with E-state index < -0.39 is 11.8 Å². The third kappa shape index (κ3) is 5.09. The van der Waals surface area contributed by atoms with Crippen LogP contribution in [-0.2, 0) is 19.1 Å². The van der Waals surface area contributed by atoms with Gasteiger partial charge < -0.3 is 34.5 Å². The second-order valence-corrected chi connectivity index (χ2v) is 6.39. The third-order valence-corrected chi connectivity index (χ3v) is 4.69. The van der Waals surface area contributed by atoms with Crippen molar-refractivity contribution in [1.29, 1.82) is 0 Å². The van der Waals surface area contributed by atoms with Gasteiger partial charge in [-0.3, -0.25) is 9.59 Å². The number of carbonyl (C=O) groups excluding carboxylic acids is 2. The number of carbonyl (C=O) groups is 2. The first-order valence-corrected chi connectivity index (χ1v) is 9.06. The molecule has 148 valence electrons. The zero-order chi connectivity index (χ0) is 19.1. The molecule has 0 bridgehead atoms. The molecule has 0 saturated carbocycles. The van der Waals surface area contributed by atoms with E-state index in [4.69, 9.17) is 18.9 Å². The number of quaternary nitrogens is 1. The molecule has 2 aliphatic heterocycles. The molecule has 1 aromatic carbocycles. The van der Waals surface area contributed by atoms with Gasteiger partial charge in [0.1, 0.15) is 19.1 Å². The molecule has 0 aliphatic carbocycles. The molecule has 1 saturated heterocycles. The first kappa shape index (κ1) is 19.4. The summed E-state index contributed by atoms with van der Waals surface area (Å²) in [7, 11) is 1.54. The molecule has 2 aliphatic rings. The number of amides is 2. The molecular formula is C18H26N3O6+. The van der Waals surface area contributed by atoms with E-state index in [1.54, 1.807) is 0 Å². The van der Waals surface area contributed by atoms with Crippen molar-refractivity contribution in [3.63, 3.8) is 0 Å². The summed E-state index contributed by atoms with van der Waals surface area (Å²) in [5, 5.41) is 5.27. The Balaban J connectivity index is 1.65. The van der Waals surface area contributed by atoms with E-state index >= 15 is 0 Å². The highest BCUT2D eigenvalue weighted by atomic mass is 16.7. The van der Waals surface area contributed by atoms with Crippen LogP contribution in [0, 0.1) is 0 Å². The van der Waals surface area contributed by atoms with E-state index in [1.165, 1.54) is 12.0 Å². The number of morpholine rings is 1. The minimum absolute atomic E-state index is 0.0147. The highest BCUT2D eigenvalue weighted by Crippen LogP contribution is 2.33. The van der Waals surface area contributed by atoms with Crippen molar-refractivity contribution in [1.82, 2.24) is 10.6 Å². The van der Waals surface area contributed by atoms with Crippen LogP contribution < -0.4 is 25.0 Å². The van der Waals surface area contributed by atoms with E-state index in [1.807, 2.05) is 18.2 Å². The van der Waals surface area contributed by atoms with E-state index in [0.717, 1.165) is 24.4 Å². The number of methoxy groups -OCH3 is 1. The minimum atomic E-state index is -0.659. The van der Waals surface area contributed by atoms with Crippen LogP contribution in [0.4, 0.5) is 0 Å². The summed E-state index contributed by atoms with van der Waals surface area (Å²) in [6.07, 6.45) is 0. The second kappa shape index (κ2) is 9.54. The summed E-state index contributed by atoms with van der Waals surface area (Å²) in [5.41, 5.74) is 1.02. The lowest BCUT2D eigenvalue weighted by Gasteiger charge is -2.32. The number of nitrogens with one attached hydrogen (secondary N) is 3. The molecule has 0 spiro atoms. The lowest BCUT2D eigenvalue weighted by atomic mass is 10.0. The molecule has 3 N–H and O–H groups in total. The topological polar surface area (TPSA) is 99.6 Å². The van der Waals surface area contributed by atoms with Gasteiger partial charge in [-0.05, 0) is 18.2 Å². The van der Waals surface area contributed by atoms with Gasteiger partial charge in [0, 0.05) is 19.2 Å². The number of benzene rings is 1. The summed E-state index contributed by atoms with van der Waals surface area (Å²) in [6, 6.07) is 5.79. The Morgan fingerprint density at radius 1 is 1.15 bits per heavy atom. The second-order valence-electron chi connectivity index (χ2n) is 6.39. The monoisotopic (exact) mass is 380 g/mol. The molecule has 1 atom stereocenters. The van der Waals surface area contributed by atoms with Gasteiger partial charge in [0.2, 0.25) is 6.79 Å². The average molecular weight is 380 g/mol. The summed E-state index contributed by atoms with van der Waals surface area (Å²) in [4.78, 5) is 25.2. The van der Waals surface area contributed by atoms with E-state index in [9.17, 15) is 9.59 Å². The molecule has 0 unspecified atom stereocenters. The van der Waals surface area contributed by atoms with Gasteiger partial charge in [-0.2, -0.15) is 0 Å².